The Hall–Kier alpha value is -3.81. The van der Waals surface area contributed by atoms with E-state index >= 15 is 0 Å². The molecule has 0 atom stereocenters. The molecule has 3 rings (SSSR count). The van der Waals surface area contributed by atoms with Crippen molar-refractivity contribution in [3.05, 3.63) is 83.6 Å². The topological polar surface area (TPSA) is 80.3 Å². The quantitative estimate of drug-likeness (QED) is 0.647. The van der Waals surface area contributed by atoms with Crippen LogP contribution in [-0.2, 0) is 4.74 Å². The van der Waals surface area contributed by atoms with Gasteiger partial charge in [-0.1, -0.05) is 12.1 Å². The molecule has 0 aliphatic carbocycles. The van der Waals surface area contributed by atoms with Crippen LogP contribution in [0.25, 0.3) is 0 Å². The second-order valence-electron chi connectivity index (χ2n) is 5.68. The highest BCUT2D eigenvalue weighted by Crippen LogP contribution is 2.21. The lowest BCUT2D eigenvalue weighted by atomic mass is 10.2. The van der Waals surface area contributed by atoms with Crippen molar-refractivity contribution in [3.63, 3.8) is 0 Å². The average Bonchev–Trinajstić information content (AvgIpc) is 2.71. The number of nitrogens with one attached hydrogen (secondary N) is 2. The Balaban J connectivity index is 1.71. The van der Waals surface area contributed by atoms with Gasteiger partial charge in [-0.25, -0.2) is 18.6 Å². The molecule has 0 bridgehead atoms. The van der Waals surface area contributed by atoms with Gasteiger partial charge in [0.1, 0.15) is 5.82 Å². The largest absolute Gasteiger partial charge is 0.465 e. The normalized spacial score (nSPS) is 10.2. The number of para-hydroxylation sites is 1. The van der Waals surface area contributed by atoms with E-state index in [1.807, 2.05) is 0 Å². The molecule has 0 radical (unpaired) electrons. The third-order valence-corrected chi connectivity index (χ3v) is 3.80. The molecule has 3 aromatic rings. The zero-order valence-electron chi connectivity index (χ0n) is 14.7. The van der Waals surface area contributed by atoms with Crippen LogP contribution in [0.3, 0.4) is 0 Å². The maximum Gasteiger partial charge on any atom is 0.339 e. The second-order valence-corrected chi connectivity index (χ2v) is 5.68. The van der Waals surface area contributed by atoms with Gasteiger partial charge in [0.05, 0.1) is 30.2 Å². The Morgan fingerprint density at radius 1 is 1.00 bits per heavy atom. The van der Waals surface area contributed by atoms with Crippen molar-refractivity contribution < 1.29 is 23.1 Å². The number of hydrogen-bond acceptors (Lipinski definition) is 5. The lowest BCUT2D eigenvalue weighted by molar-refractivity contribution is 0.0601. The summed E-state index contributed by atoms with van der Waals surface area (Å²) >= 11 is 0. The summed E-state index contributed by atoms with van der Waals surface area (Å²) in [6.45, 7) is 0. The van der Waals surface area contributed by atoms with Gasteiger partial charge in [0.25, 0.3) is 5.91 Å². The molecular formula is C20H15F2N3O3. The molecule has 142 valence electrons. The van der Waals surface area contributed by atoms with Crippen LogP contribution in [0.5, 0.6) is 0 Å². The summed E-state index contributed by atoms with van der Waals surface area (Å²) in [5.41, 5.74) is 1.21. The number of halogens is 2. The van der Waals surface area contributed by atoms with Crippen LogP contribution < -0.4 is 10.6 Å². The summed E-state index contributed by atoms with van der Waals surface area (Å²) in [5, 5.41) is 5.54. The Bertz CT molecular complexity index is 1020. The fraction of sp³-hybridized carbons (Fsp3) is 0.0500. The number of benzene rings is 2. The molecule has 0 spiro atoms. The van der Waals surface area contributed by atoms with E-state index < -0.39 is 23.5 Å². The third-order valence-electron chi connectivity index (χ3n) is 3.80. The highest BCUT2D eigenvalue weighted by molar-refractivity contribution is 6.04. The molecule has 2 aromatic carbocycles. The molecule has 1 aromatic heterocycles. The lowest BCUT2D eigenvalue weighted by Gasteiger charge is -2.11. The Morgan fingerprint density at radius 3 is 2.46 bits per heavy atom. The minimum Gasteiger partial charge on any atom is -0.465 e. The molecule has 0 aliphatic rings. The number of pyridine rings is 1. The van der Waals surface area contributed by atoms with Gasteiger partial charge < -0.3 is 15.4 Å². The number of methoxy groups -OCH3 is 1. The lowest BCUT2D eigenvalue weighted by Crippen LogP contribution is -2.12. The van der Waals surface area contributed by atoms with Crippen molar-refractivity contribution in [3.8, 4) is 0 Å². The Labute approximate surface area is 159 Å². The van der Waals surface area contributed by atoms with E-state index in [2.05, 4.69) is 15.6 Å². The first-order chi connectivity index (χ1) is 13.5. The predicted octanol–water partition coefficient (Wildman–Crippen LogP) is 4.14. The van der Waals surface area contributed by atoms with Crippen LogP contribution in [0.2, 0.25) is 0 Å². The van der Waals surface area contributed by atoms with Crippen LogP contribution >= 0.6 is 0 Å². The van der Waals surface area contributed by atoms with E-state index in [4.69, 9.17) is 4.74 Å². The molecule has 0 aliphatic heterocycles. The molecule has 1 heterocycles. The fourth-order valence-electron chi connectivity index (χ4n) is 2.40. The molecular weight excluding hydrogens is 368 g/mol. The number of aromatic nitrogens is 1. The number of carbonyl (C=O) groups is 2. The number of rotatable bonds is 5. The van der Waals surface area contributed by atoms with Gasteiger partial charge in [0.2, 0.25) is 0 Å². The Kier molecular flexibility index (Phi) is 5.59. The van der Waals surface area contributed by atoms with Gasteiger partial charge in [-0.3, -0.25) is 4.79 Å². The number of amides is 1. The number of nitrogens with zero attached hydrogens (tertiary/aromatic N) is 1. The highest BCUT2D eigenvalue weighted by atomic mass is 19.2. The number of ether oxygens (including phenoxy) is 1. The zero-order valence-corrected chi connectivity index (χ0v) is 14.7. The first-order valence-electron chi connectivity index (χ1n) is 8.15. The van der Waals surface area contributed by atoms with Crippen LogP contribution in [0.15, 0.2) is 60.8 Å². The third kappa shape index (κ3) is 4.29. The van der Waals surface area contributed by atoms with Crippen LogP contribution in [0.4, 0.5) is 26.0 Å². The van der Waals surface area contributed by atoms with Crippen LogP contribution in [0, 0.1) is 11.6 Å². The van der Waals surface area contributed by atoms with E-state index in [1.165, 1.54) is 19.4 Å². The minimum atomic E-state index is -1.10. The van der Waals surface area contributed by atoms with Gasteiger partial charge in [-0.05, 0) is 42.5 Å². The predicted molar refractivity (Wildman–Crippen MR) is 99.6 cm³/mol. The van der Waals surface area contributed by atoms with Crippen molar-refractivity contribution in [2.45, 2.75) is 0 Å². The van der Waals surface area contributed by atoms with Gasteiger partial charge in [0.15, 0.2) is 11.6 Å². The van der Waals surface area contributed by atoms with Crippen molar-refractivity contribution in [1.82, 2.24) is 4.98 Å². The maximum absolute atomic E-state index is 13.2. The Morgan fingerprint density at radius 2 is 1.79 bits per heavy atom. The van der Waals surface area contributed by atoms with Gasteiger partial charge in [-0.15, -0.1) is 0 Å². The minimum absolute atomic E-state index is 0.0203. The maximum atomic E-state index is 13.2. The van der Waals surface area contributed by atoms with Crippen molar-refractivity contribution in [1.29, 1.82) is 0 Å². The van der Waals surface area contributed by atoms with E-state index in [9.17, 15) is 18.4 Å². The van der Waals surface area contributed by atoms with E-state index in [-0.39, 0.29) is 5.56 Å². The summed E-state index contributed by atoms with van der Waals surface area (Å²) in [5.74, 6) is -2.78. The number of esters is 1. The van der Waals surface area contributed by atoms with E-state index in [1.54, 1.807) is 36.4 Å². The first-order valence-corrected chi connectivity index (χ1v) is 8.15. The summed E-state index contributed by atoms with van der Waals surface area (Å²) in [7, 11) is 1.29. The molecule has 1 amide bonds. The highest BCUT2D eigenvalue weighted by Gasteiger charge is 2.12. The van der Waals surface area contributed by atoms with Gasteiger partial charge in [-0.2, -0.15) is 0 Å². The molecule has 0 fully saturated rings. The number of hydrogen-bond donors (Lipinski definition) is 2. The number of anilines is 3. The summed E-state index contributed by atoms with van der Waals surface area (Å²) in [4.78, 5) is 28.1. The first kappa shape index (κ1) is 19.0. The van der Waals surface area contributed by atoms with Crippen LogP contribution in [0.1, 0.15) is 20.7 Å². The standard InChI is InChI=1S/C20H15F2N3O3/c1-28-20(27)14-4-2-3-5-17(14)25-18-9-7-13(11-23-18)24-19(26)12-6-8-15(21)16(22)10-12/h2-11H,1H3,(H,23,25)(H,24,26). The van der Waals surface area contributed by atoms with Gasteiger partial charge >= 0.3 is 5.97 Å². The zero-order chi connectivity index (χ0) is 20.1. The van der Waals surface area contributed by atoms with Crippen LogP contribution in [-0.4, -0.2) is 24.0 Å². The van der Waals surface area contributed by atoms with Crippen molar-refractivity contribution >= 4 is 29.1 Å². The molecule has 0 unspecified atom stereocenters. The fourth-order valence-corrected chi connectivity index (χ4v) is 2.40. The SMILES string of the molecule is COC(=O)c1ccccc1Nc1ccc(NC(=O)c2ccc(F)c(F)c2)cn1. The molecule has 2 N–H and O–H groups in total. The van der Waals surface area contributed by atoms with E-state index in [0.29, 0.717) is 22.8 Å². The molecule has 28 heavy (non-hydrogen) atoms. The number of carbonyl (C=O) groups excluding carboxylic acids is 2. The molecule has 0 saturated heterocycles. The second kappa shape index (κ2) is 8.26. The van der Waals surface area contributed by atoms with Gasteiger partial charge in [0, 0.05) is 5.56 Å². The monoisotopic (exact) mass is 383 g/mol. The molecule has 6 nitrogen and oxygen atoms in total. The van der Waals surface area contributed by atoms with E-state index in [0.717, 1.165) is 12.1 Å². The molecule has 8 heteroatoms. The summed E-state index contributed by atoms with van der Waals surface area (Å²) < 4.78 is 30.9. The smallest absolute Gasteiger partial charge is 0.339 e. The summed E-state index contributed by atoms with van der Waals surface area (Å²) in [6, 6.07) is 12.8. The summed E-state index contributed by atoms with van der Waals surface area (Å²) in [6.07, 6.45) is 1.39. The van der Waals surface area contributed by atoms with Crippen molar-refractivity contribution in [2.75, 3.05) is 17.7 Å². The average molecular weight is 383 g/mol. The molecule has 0 saturated carbocycles. The van der Waals surface area contributed by atoms with Crippen molar-refractivity contribution in [2.24, 2.45) is 0 Å².